The van der Waals surface area contributed by atoms with Crippen LogP contribution in [0.4, 0.5) is 5.82 Å². The quantitative estimate of drug-likeness (QED) is 0.769. The molecule has 0 aliphatic heterocycles. The van der Waals surface area contributed by atoms with Crippen molar-refractivity contribution in [2.24, 2.45) is 5.92 Å². The molecule has 1 fully saturated rings. The molecule has 1 aromatic rings. The van der Waals surface area contributed by atoms with Crippen molar-refractivity contribution < 1.29 is 4.74 Å². The molecule has 1 aliphatic carbocycles. The summed E-state index contributed by atoms with van der Waals surface area (Å²) >= 11 is 0. The summed E-state index contributed by atoms with van der Waals surface area (Å²) in [4.78, 5) is 0. The lowest BCUT2D eigenvalue weighted by Gasteiger charge is -2.11. The predicted molar refractivity (Wildman–Crippen MR) is 64.5 cm³/mol. The highest BCUT2D eigenvalue weighted by molar-refractivity contribution is 5.33. The van der Waals surface area contributed by atoms with Crippen LogP contribution in [0.2, 0.25) is 0 Å². The van der Waals surface area contributed by atoms with Crippen molar-refractivity contribution in [2.75, 3.05) is 19.0 Å². The van der Waals surface area contributed by atoms with Crippen LogP contribution in [-0.4, -0.2) is 29.5 Å². The lowest BCUT2D eigenvalue weighted by Crippen LogP contribution is -2.16. The third kappa shape index (κ3) is 3.52. The molecule has 0 aromatic carbocycles. The molecule has 0 bridgehead atoms. The first-order valence-electron chi connectivity index (χ1n) is 6.07. The summed E-state index contributed by atoms with van der Waals surface area (Å²) in [7, 11) is 1.71. The van der Waals surface area contributed by atoms with Gasteiger partial charge in [-0.3, -0.25) is 4.68 Å². The fourth-order valence-electron chi connectivity index (χ4n) is 1.91. The van der Waals surface area contributed by atoms with Gasteiger partial charge < -0.3 is 10.1 Å². The zero-order valence-corrected chi connectivity index (χ0v) is 10.1. The molecule has 1 unspecified atom stereocenters. The number of hydrogen-bond donors (Lipinski definition) is 1. The van der Waals surface area contributed by atoms with E-state index in [1.807, 2.05) is 16.9 Å². The maximum absolute atomic E-state index is 5.02. The zero-order chi connectivity index (χ0) is 11.4. The highest BCUT2D eigenvalue weighted by atomic mass is 16.5. The van der Waals surface area contributed by atoms with Gasteiger partial charge in [0.15, 0.2) is 0 Å². The average Bonchev–Trinajstić information content (AvgIpc) is 2.94. The fourth-order valence-corrected chi connectivity index (χ4v) is 1.91. The summed E-state index contributed by atoms with van der Waals surface area (Å²) in [6.07, 6.45) is 6.08. The minimum absolute atomic E-state index is 0.526. The highest BCUT2D eigenvalue weighted by Gasteiger charge is 2.23. The minimum Gasteiger partial charge on any atom is -0.383 e. The minimum atomic E-state index is 0.526. The second-order valence-corrected chi connectivity index (χ2v) is 4.68. The van der Waals surface area contributed by atoms with Gasteiger partial charge in [0.2, 0.25) is 0 Å². The number of anilines is 1. The molecule has 0 radical (unpaired) electrons. The van der Waals surface area contributed by atoms with Gasteiger partial charge >= 0.3 is 0 Å². The monoisotopic (exact) mass is 223 g/mol. The van der Waals surface area contributed by atoms with E-state index in [1.165, 1.54) is 19.3 Å². The standard InChI is InChI=1S/C12H21N3O/c1-10(9-11-3-4-11)13-12-5-6-15(14-12)7-8-16-2/h5-6,10-11H,3-4,7-9H2,1-2H3,(H,13,14). The van der Waals surface area contributed by atoms with Crippen LogP contribution in [0.15, 0.2) is 12.3 Å². The van der Waals surface area contributed by atoms with Gasteiger partial charge in [0.1, 0.15) is 5.82 Å². The van der Waals surface area contributed by atoms with Crippen molar-refractivity contribution in [3.05, 3.63) is 12.3 Å². The van der Waals surface area contributed by atoms with Crippen molar-refractivity contribution in [1.29, 1.82) is 0 Å². The lowest BCUT2D eigenvalue weighted by molar-refractivity contribution is 0.183. The molecule has 1 atom stereocenters. The van der Waals surface area contributed by atoms with E-state index in [2.05, 4.69) is 17.3 Å². The smallest absolute Gasteiger partial charge is 0.148 e. The number of ether oxygens (including phenoxy) is 1. The van der Waals surface area contributed by atoms with Crippen LogP contribution in [0, 0.1) is 5.92 Å². The summed E-state index contributed by atoms with van der Waals surface area (Å²) in [5, 5.41) is 7.88. The Morgan fingerprint density at radius 2 is 2.44 bits per heavy atom. The van der Waals surface area contributed by atoms with Gasteiger partial charge in [0.25, 0.3) is 0 Å². The summed E-state index contributed by atoms with van der Waals surface area (Å²) in [5.41, 5.74) is 0. The Morgan fingerprint density at radius 3 is 3.12 bits per heavy atom. The maximum atomic E-state index is 5.02. The van der Waals surface area contributed by atoms with Gasteiger partial charge in [-0.05, 0) is 19.3 Å². The fraction of sp³-hybridized carbons (Fsp3) is 0.750. The van der Waals surface area contributed by atoms with Crippen LogP contribution in [-0.2, 0) is 11.3 Å². The van der Waals surface area contributed by atoms with Gasteiger partial charge in [-0.25, -0.2) is 0 Å². The number of methoxy groups -OCH3 is 1. The van der Waals surface area contributed by atoms with E-state index in [4.69, 9.17) is 4.74 Å². The topological polar surface area (TPSA) is 39.1 Å². The summed E-state index contributed by atoms with van der Waals surface area (Å²) in [6, 6.07) is 2.55. The number of nitrogens with one attached hydrogen (secondary N) is 1. The van der Waals surface area contributed by atoms with E-state index in [0.29, 0.717) is 12.6 Å². The van der Waals surface area contributed by atoms with Crippen molar-refractivity contribution in [2.45, 2.75) is 38.8 Å². The molecule has 4 heteroatoms. The van der Waals surface area contributed by atoms with Gasteiger partial charge in [-0.2, -0.15) is 5.10 Å². The predicted octanol–water partition coefficient (Wildman–Crippen LogP) is 2.13. The van der Waals surface area contributed by atoms with Gasteiger partial charge in [0, 0.05) is 25.4 Å². The molecule has 16 heavy (non-hydrogen) atoms. The molecular weight excluding hydrogens is 202 g/mol. The van der Waals surface area contributed by atoms with Crippen LogP contribution in [0.25, 0.3) is 0 Å². The Hall–Kier alpha value is -1.03. The van der Waals surface area contributed by atoms with Gasteiger partial charge in [-0.1, -0.05) is 12.8 Å². The van der Waals surface area contributed by atoms with Crippen LogP contribution >= 0.6 is 0 Å². The number of hydrogen-bond acceptors (Lipinski definition) is 3. The molecule has 4 nitrogen and oxygen atoms in total. The van der Waals surface area contributed by atoms with E-state index in [9.17, 15) is 0 Å². The van der Waals surface area contributed by atoms with Crippen LogP contribution in [0.3, 0.4) is 0 Å². The Morgan fingerprint density at radius 1 is 1.62 bits per heavy atom. The van der Waals surface area contributed by atoms with E-state index >= 15 is 0 Å². The molecule has 1 aromatic heterocycles. The second kappa shape index (κ2) is 5.34. The van der Waals surface area contributed by atoms with E-state index < -0.39 is 0 Å². The van der Waals surface area contributed by atoms with Crippen molar-refractivity contribution >= 4 is 5.82 Å². The van der Waals surface area contributed by atoms with Crippen molar-refractivity contribution in [3.8, 4) is 0 Å². The number of nitrogens with zero attached hydrogens (tertiary/aromatic N) is 2. The van der Waals surface area contributed by atoms with E-state index in [1.54, 1.807) is 7.11 Å². The van der Waals surface area contributed by atoms with Crippen LogP contribution in [0.1, 0.15) is 26.2 Å². The van der Waals surface area contributed by atoms with Crippen molar-refractivity contribution in [1.82, 2.24) is 9.78 Å². The maximum Gasteiger partial charge on any atom is 0.148 e. The molecule has 1 saturated carbocycles. The molecule has 1 N–H and O–H groups in total. The first-order valence-corrected chi connectivity index (χ1v) is 6.07. The van der Waals surface area contributed by atoms with Crippen molar-refractivity contribution in [3.63, 3.8) is 0 Å². The highest BCUT2D eigenvalue weighted by Crippen LogP contribution is 2.33. The number of aromatic nitrogens is 2. The first-order chi connectivity index (χ1) is 7.78. The SMILES string of the molecule is COCCn1ccc(NC(C)CC2CC2)n1. The molecule has 0 amide bonds. The normalized spacial score (nSPS) is 17.4. The van der Waals surface area contributed by atoms with Crippen LogP contribution in [0.5, 0.6) is 0 Å². The van der Waals surface area contributed by atoms with Crippen LogP contribution < -0.4 is 5.32 Å². The largest absolute Gasteiger partial charge is 0.383 e. The Labute approximate surface area is 97.0 Å². The average molecular weight is 223 g/mol. The second-order valence-electron chi connectivity index (χ2n) is 4.68. The number of rotatable bonds is 7. The molecule has 90 valence electrons. The summed E-state index contributed by atoms with van der Waals surface area (Å²) < 4.78 is 6.93. The molecule has 0 spiro atoms. The first kappa shape index (κ1) is 11.5. The van der Waals surface area contributed by atoms with Gasteiger partial charge in [-0.15, -0.1) is 0 Å². The molecule has 2 rings (SSSR count). The molecule has 0 saturated heterocycles. The third-order valence-corrected chi connectivity index (χ3v) is 2.94. The molecular formula is C12H21N3O. The summed E-state index contributed by atoms with van der Waals surface area (Å²) in [5.74, 6) is 1.93. The Bertz CT molecular complexity index is 320. The Kier molecular flexibility index (Phi) is 3.83. The van der Waals surface area contributed by atoms with E-state index in [0.717, 1.165) is 18.3 Å². The lowest BCUT2D eigenvalue weighted by atomic mass is 10.1. The molecule has 1 aliphatic rings. The molecule has 1 heterocycles. The third-order valence-electron chi connectivity index (χ3n) is 2.94. The summed E-state index contributed by atoms with van der Waals surface area (Å²) in [6.45, 7) is 3.75. The Balaban J connectivity index is 1.76. The zero-order valence-electron chi connectivity index (χ0n) is 10.1. The van der Waals surface area contributed by atoms with Gasteiger partial charge in [0.05, 0.1) is 13.2 Å². The van der Waals surface area contributed by atoms with E-state index in [-0.39, 0.29) is 0 Å².